The maximum Gasteiger partial charge on any atom is 0.0468 e. The Hall–Kier alpha value is -7.52. The van der Waals surface area contributed by atoms with Crippen molar-refractivity contribution in [2.75, 3.05) is 4.90 Å². The SMILES string of the molecule is CC1(C)c2ccccc2-c2cccc(-c3ccc(N(c4ccc(-c5ccc(-c6cccc(-c7ccc8ccccc8c7)c6)cc5)cc4)c4ccc5sc6ccccc6c5c4)cc3)c21. The number of benzene rings is 10. The zero-order chi connectivity index (χ0) is 42.1. The molecule has 0 fully saturated rings. The molecular formula is C61H43NS. The highest BCUT2D eigenvalue weighted by atomic mass is 32.1. The number of anilines is 3. The highest BCUT2D eigenvalue weighted by molar-refractivity contribution is 7.25. The van der Waals surface area contributed by atoms with E-state index in [0.29, 0.717) is 0 Å². The minimum absolute atomic E-state index is 0.0858. The van der Waals surface area contributed by atoms with Crippen molar-refractivity contribution in [1.29, 1.82) is 0 Å². The molecule has 0 spiro atoms. The Balaban J connectivity index is 0.883. The lowest BCUT2D eigenvalue weighted by molar-refractivity contribution is 0.662. The van der Waals surface area contributed by atoms with Crippen molar-refractivity contribution < 1.29 is 0 Å². The topological polar surface area (TPSA) is 3.24 Å². The first-order chi connectivity index (χ1) is 31.0. The fraction of sp³-hybridized carbons (Fsp3) is 0.0492. The second kappa shape index (κ2) is 14.8. The molecule has 0 amide bonds. The average molecular weight is 822 g/mol. The minimum atomic E-state index is -0.0858. The minimum Gasteiger partial charge on any atom is -0.310 e. The second-order valence-electron chi connectivity index (χ2n) is 17.3. The van der Waals surface area contributed by atoms with Gasteiger partial charge in [0.1, 0.15) is 0 Å². The van der Waals surface area contributed by atoms with Crippen molar-refractivity contribution in [2.24, 2.45) is 0 Å². The highest BCUT2D eigenvalue weighted by Gasteiger charge is 2.37. The van der Waals surface area contributed by atoms with E-state index in [9.17, 15) is 0 Å². The molecule has 0 saturated heterocycles. The number of thiophene rings is 1. The van der Waals surface area contributed by atoms with Crippen LogP contribution in [-0.4, -0.2) is 0 Å². The number of fused-ring (bicyclic) bond motifs is 7. The number of nitrogens with zero attached hydrogens (tertiary/aromatic N) is 1. The van der Waals surface area contributed by atoms with Crippen molar-refractivity contribution in [3.05, 3.63) is 236 Å². The fourth-order valence-electron chi connectivity index (χ4n) is 10.1. The molecule has 0 aliphatic heterocycles. The molecule has 1 heterocycles. The molecule has 0 radical (unpaired) electrons. The summed E-state index contributed by atoms with van der Waals surface area (Å²) in [6, 6.07) is 82.8. The van der Waals surface area contributed by atoms with Crippen LogP contribution in [0.15, 0.2) is 224 Å². The van der Waals surface area contributed by atoms with Gasteiger partial charge >= 0.3 is 0 Å². The zero-order valence-electron chi connectivity index (χ0n) is 35.2. The summed E-state index contributed by atoms with van der Waals surface area (Å²) in [5.41, 5.74) is 18.6. The van der Waals surface area contributed by atoms with Crippen molar-refractivity contribution in [3.8, 4) is 55.6 Å². The van der Waals surface area contributed by atoms with Crippen LogP contribution >= 0.6 is 11.3 Å². The Bertz CT molecular complexity index is 3520. The van der Waals surface area contributed by atoms with Crippen LogP contribution in [0, 0.1) is 0 Å². The Morgan fingerprint density at radius 2 is 0.857 bits per heavy atom. The van der Waals surface area contributed by atoms with Crippen LogP contribution in [0.1, 0.15) is 25.0 Å². The van der Waals surface area contributed by atoms with Gasteiger partial charge in [-0.2, -0.15) is 0 Å². The van der Waals surface area contributed by atoms with E-state index in [1.807, 2.05) is 11.3 Å². The van der Waals surface area contributed by atoms with Crippen LogP contribution in [0.2, 0.25) is 0 Å². The normalized spacial score (nSPS) is 12.7. The molecule has 0 atom stereocenters. The largest absolute Gasteiger partial charge is 0.310 e. The molecule has 0 saturated carbocycles. The smallest absolute Gasteiger partial charge is 0.0468 e. The summed E-state index contributed by atoms with van der Waals surface area (Å²) in [7, 11) is 0. The third kappa shape index (κ3) is 6.37. The molecule has 0 N–H and O–H groups in total. The molecule has 1 nitrogen and oxygen atoms in total. The molecule has 12 rings (SSSR count). The van der Waals surface area contributed by atoms with E-state index in [0.717, 1.165) is 17.1 Å². The van der Waals surface area contributed by atoms with E-state index >= 15 is 0 Å². The summed E-state index contributed by atoms with van der Waals surface area (Å²) in [5, 5.41) is 5.11. The molecule has 10 aromatic carbocycles. The first kappa shape index (κ1) is 37.3. The molecule has 63 heavy (non-hydrogen) atoms. The molecule has 11 aromatic rings. The van der Waals surface area contributed by atoms with E-state index in [1.165, 1.54) is 97.7 Å². The third-order valence-electron chi connectivity index (χ3n) is 13.3. The zero-order valence-corrected chi connectivity index (χ0v) is 36.0. The van der Waals surface area contributed by atoms with Gasteiger partial charge in [-0.25, -0.2) is 0 Å². The summed E-state index contributed by atoms with van der Waals surface area (Å²) in [4.78, 5) is 2.40. The van der Waals surface area contributed by atoms with Gasteiger partial charge in [-0.05, 0) is 138 Å². The average Bonchev–Trinajstić information content (AvgIpc) is 3.83. The molecule has 1 aliphatic rings. The standard InChI is InChI=1S/C61H43NS/c1-61(2)57-19-7-5-15-53(57)55-18-10-17-52(60(55)61)44-29-33-50(34-30-44)62(51-35-36-59-56(39-51)54-16-6-8-20-58(54)63-59)49-31-27-42(28-32-49)41-21-23-43(24-22-41)46-13-9-14-47(37-46)48-26-25-40-11-3-4-12-45(40)38-48/h3-39H,1-2H3. The second-order valence-corrected chi connectivity index (χ2v) is 18.4. The number of hydrogen-bond donors (Lipinski definition) is 0. The molecule has 2 heteroatoms. The fourth-order valence-corrected chi connectivity index (χ4v) is 11.2. The lowest BCUT2D eigenvalue weighted by Crippen LogP contribution is -2.16. The van der Waals surface area contributed by atoms with Gasteiger partial charge < -0.3 is 4.90 Å². The molecule has 0 unspecified atom stereocenters. The summed E-state index contributed by atoms with van der Waals surface area (Å²) < 4.78 is 2.62. The summed E-state index contributed by atoms with van der Waals surface area (Å²) >= 11 is 1.86. The van der Waals surface area contributed by atoms with Crippen LogP contribution in [0.5, 0.6) is 0 Å². The lowest BCUT2D eigenvalue weighted by Gasteiger charge is -2.27. The molecule has 0 bridgehead atoms. The first-order valence-electron chi connectivity index (χ1n) is 21.8. The molecule has 1 aromatic heterocycles. The van der Waals surface area contributed by atoms with Gasteiger partial charge in [-0.3, -0.25) is 0 Å². The van der Waals surface area contributed by atoms with Crippen LogP contribution < -0.4 is 4.90 Å². The maximum atomic E-state index is 2.40. The Morgan fingerprint density at radius 1 is 0.333 bits per heavy atom. The molecule has 1 aliphatic carbocycles. The van der Waals surface area contributed by atoms with Crippen LogP contribution in [0.25, 0.3) is 86.6 Å². The summed E-state index contributed by atoms with van der Waals surface area (Å²) in [6.45, 7) is 4.73. The van der Waals surface area contributed by atoms with Crippen LogP contribution in [0.4, 0.5) is 17.1 Å². The Kier molecular flexibility index (Phi) is 8.77. The van der Waals surface area contributed by atoms with Crippen molar-refractivity contribution in [1.82, 2.24) is 0 Å². The summed E-state index contributed by atoms with van der Waals surface area (Å²) in [5.74, 6) is 0. The predicted molar refractivity (Wildman–Crippen MR) is 271 cm³/mol. The highest BCUT2D eigenvalue weighted by Crippen LogP contribution is 2.52. The van der Waals surface area contributed by atoms with Crippen LogP contribution in [-0.2, 0) is 5.41 Å². The summed E-state index contributed by atoms with van der Waals surface area (Å²) in [6.07, 6.45) is 0. The van der Waals surface area contributed by atoms with Gasteiger partial charge in [-0.1, -0.05) is 178 Å². The van der Waals surface area contributed by atoms with E-state index < -0.39 is 0 Å². The maximum absolute atomic E-state index is 2.40. The van der Waals surface area contributed by atoms with Gasteiger partial charge in [0.25, 0.3) is 0 Å². The van der Waals surface area contributed by atoms with Crippen molar-refractivity contribution in [2.45, 2.75) is 19.3 Å². The van der Waals surface area contributed by atoms with Gasteiger partial charge in [0, 0.05) is 42.6 Å². The van der Waals surface area contributed by atoms with E-state index in [1.54, 1.807) is 0 Å². The quantitative estimate of drug-likeness (QED) is 0.155. The van der Waals surface area contributed by atoms with E-state index in [2.05, 4.69) is 243 Å². The van der Waals surface area contributed by atoms with Crippen molar-refractivity contribution in [3.63, 3.8) is 0 Å². The van der Waals surface area contributed by atoms with Gasteiger partial charge in [0.15, 0.2) is 0 Å². The van der Waals surface area contributed by atoms with E-state index in [4.69, 9.17) is 0 Å². The molecule has 298 valence electrons. The van der Waals surface area contributed by atoms with Gasteiger partial charge in [-0.15, -0.1) is 11.3 Å². The van der Waals surface area contributed by atoms with Crippen LogP contribution in [0.3, 0.4) is 0 Å². The molecular weight excluding hydrogens is 779 g/mol. The Labute approximate surface area is 372 Å². The lowest BCUT2D eigenvalue weighted by atomic mass is 9.79. The predicted octanol–water partition coefficient (Wildman–Crippen LogP) is 17.7. The Morgan fingerprint density at radius 3 is 1.63 bits per heavy atom. The first-order valence-corrected chi connectivity index (χ1v) is 22.6. The number of hydrogen-bond acceptors (Lipinski definition) is 2. The van der Waals surface area contributed by atoms with Gasteiger partial charge in [0.2, 0.25) is 0 Å². The third-order valence-corrected chi connectivity index (χ3v) is 14.4. The van der Waals surface area contributed by atoms with Gasteiger partial charge in [0.05, 0.1) is 0 Å². The number of rotatable bonds is 7. The monoisotopic (exact) mass is 821 g/mol. The van der Waals surface area contributed by atoms with Crippen molar-refractivity contribution >= 4 is 59.3 Å². The van der Waals surface area contributed by atoms with E-state index in [-0.39, 0.29) is 5.41 Å².